The Morgan fingerprint density at radius 2 is 2.04 bits per heavy atom. The summed E-state index contributed by atoms with van der Waals surface area (Å²) in [5.41, 5.74) is 1.34. The molecule has 3 heterocycles. The lowest BCUT2D eigenvalue weighted by molar-refractivity contribution is 0.0578. The standard InChI is InChI=1S/C19H22N4O2/c1-2-6-15(7-3-1)8-4-9-17-21-19(25-22-17)18-16(10-13-24-18)14-23-12-5-11-20-23/h1-3,5-7,11-12,16,18H,4,8-10,13-14H2/t16-,18-/m0/s1. The second-order valence-corrected chi connectivity index (χ2v) is 6.46. The third kappa shape index (κ3) is 3.96. The van der Waals surface area contributed by atoms with Gasteiger partial charge in [0.1, 0.15) is 6.10 Å². The Balaban J connectivity index is 1.34. The first-order chi connectivity index (χ1) is 12.4. The van der Waals surface area contributed by atoms with Crippen LogP contribution in [0.5, 0.6) is 0 Å². The predicted octanol–water partition coefficient (Wildman–Crippen LogP) is 3.22. The summed E-state index contributed by atoms with van der Waals surface area (Å²) in [4.78, 5) is 4.57. The van der Waals surface area contributed by atoms with Gasteiger partial charge < -0.3 is 9.26 Å². The normalized spacial score (nSPS) is 20.2. The molecular formula is C19H22N4O2. The number of nitrogens with zero attached hydrogens (tertiary/aromatic N) is 4. The molecule has 1 fully saturated rings. The van der Waals surface area contributed by atoms with Crippen molar-refractivity contribution >= 4 is 0 Å². The Bertz CT molecular complexity index is 770. The first-order valence-corrected chi connectivity index (χ1v) is 8.84. The van der Waals surface area contributed by atoms with Gasteiger partial charge >= 0.3 is 0 Å². The molecule has 0 spiro atoms. The first-order valence-electron chi connectivity index (χ1n) is 8.84. The van der Waals surface area contributed by atoms with Crippen molar-refractivity contribution in [3.8, 4) is 0 Å². The molecule has 0 amide bonds. The van der Waals surface area contributed by atoms with Crippen LogP contribution >= 0.6 is 0 Å². The van der Waals surface area contributed by atoms with Crippen molar-refractivity contribution in [1.82, 2.24) is 19.9 Å². The lowest BCUT2D eigenvalue weighted by Gasteiger charge is -2.14. The minimum atomic E-state index is -0.125. The molecule has 1 saturated heterocycles. The van der Waals surface area contributed by atoms with Crippen LogP contribution in [0.15, 0.2) is 53.3 Å². The van der Waals surface area contributed by atoms with E-state index in [1.807, 2.05) is 23.0 Å². The van der Waals surface area contributed by atoms with Gasteiger partial charge in [0.15, 0.2) is 5.82 Å². The van der Waals surface area contributed by atoms with E-state index in [0.717, 1.165) is 44.7 Å². The van der Waals surface area contributed by atoms with Crippen LogP contribution < -0.4 is 0 Å². The van der Waals surface area contributed by atoms with E-state index < -0.39 is 0 Å². The van der Waals surface area contributed by atoms with Crippen LogP contribution in [0.4, 0.5) is 0 Å². The summed E-state index contributed by atoms with van der Waals surface area (Å²) in [6.45, 7) is 1.53. The first kappa shape index (κ1) is 16.0. The zero-order valence-corrected chi connectivity index (χ0v) is 14.1. The number of hydrogen-bond donors (Lipinski definition) is 0. The summed E-state index contributed by atoms with van der Waals surface area (Å²) in [6.07, 6.45) is 7.46. The topological polar surface area (TPSA) is 66.0 Å². The van der Waals surface area contributed by atoms with Gasteiger partial charge in [0, 0.05) is 37.9 Å². The predicted molar refractivity (Wildman–Crippen MR) is 91.8 cm³/mol. The zero-order chi connectivity index (χ0) is 16.9. The van der Waals surface area contributed by atoms with Crippen molar-refractivity contribution in [2.24, 2.45) is 5.92 Å². The molecule has 6 heteroatoms. The quantitative estimate of drug-likeness (QED) is 0.662. The fourth-order valence-electron chi connectivity index (χ4n) is 3.32. The second kappa shape index (κ2) is 7.61. The fraction of sp³-hybridized carbons (Fsp3) is 0.421. The molecule has 25 heavy (non-hydrogen) atoms. The van der Waals surface area contributed by atoms with Crippen LogP contribution in [-0.2, 0) is 24.1 Å². The van der Waals surface area contributed by atoms with Gasteiger partial charge in [-0.2, -0.15) is 10.1 Å². The van der Waals surface area contributed by atoms with E-state index in [1.165, 1.54) is 5.56 Å². The lowest BCUT2D eigenvalue weighted by atomic mass is 10.0. The Morgan fingerprint density at radius 1 is 1.12 bits per heavy atom. The molecule has 1 aromatic carbocycles. The summed E-state index contributed by atoms with van der Waals surface area (Å²) in [5, 5.41) is 8.41. The van der Waals surface area contributed by atoms with Crippen molar-refractivity contribution in [3.63, 3.8) is 0 Å². The number of aryl methyl sites for hydroxylation is 2. The van der Waals surface area contributed by atoms with Gasteiger partial charge in [-0.1, -0.05) is 35.5 Å². The monoisotopic (exact) mass is 338 g/mol. The number of ether oxygens (including phenoxy) is 1. The molecule has 2 atom stereocenters. The molecule has 0 aliphatic carbocycles. The van der Waals surface area contributed by atoms with E-state index in [0.29, 0.717) is 11.8 Å². The van der Waals surface area contributed by atoms with Gasteiger partial charge in [-0.25, -0.2) is 0 Å². The molecule has 1 aliphatic heterocycles. The number of rotatable bonds is 7. The largest absolute Gasteiger partial charge is 0.368 e. The van der Waals surface area contributed by atoms with Crippen LogP contribution in [-0.4, -0.2) is 26.5 Å². The summed E-state index contributed by atoms with van der Waals surface area (Å²) in [5.74, 6) is 1.68. The van der Waals surface area contributed by atoms with E-state index in [2.05, 4.69) is 39.5 Å². The number of benzene rings is 1. The van der Waals surface area contributed by atoms with E-state index >= 15 is 0 Å². The maximum Gasteiger partial charge on any atom is 0.256 e. The average molecular weight is 338 g/mol. The number of hydrogen-bond acceptors (Lipinski definition) is 5. The molecular weight excluding hydrogens is 316 g/mol. The van der Waals surface area contributed by atoms with E-state index in [-0.39, 0.29) is 6.10 Å². The molecule has 0 bridgehead atoms. The van der Waals surface area contributed by atoms with E-state index in [1.54, 1.807) is 6.20 Å². The highest BCUT2D eigenvalue weighted by Crippen LogP contribution is 2.34. The van der Waals surface area contributed by atoms with Gasteiger partial charge in [-0.05, 0) is 30.9 Å². The van der Waals surface area contributed by atoms with Crippen LogP contribution in [0.25, 0.3) is 0 Å². The summed E-state index contributed by atoms with van der Waals surface area (Å²) < 4.78 is 13.3. The number of aromatic nitrogens is 4. The molecule has 6 nitrogen and oxygen atoms in total. The zero-order valence-electron chi connectivity index (χ0n) is 14.1. The second-order valence-electron chi connectivity index (χ2n) is 6.46. The Kier molecular flexibility index (Phi) is 4.88. The van der Waals surface area contributed by atoms with Gasteiger partial charge in [-0.3, -0.25) is 4.68 Å². The third-order valence-electron chi connectivity index (χ3n) is 4.63. The minimum Gasteiger partial charge on any atom is -0.368 e. The molecule has 4 rings (SSSR count). The average Bonchev–Trinajstić information content (AvgIpc) is 3.38. The smallest absolute Gasteiger partial charge is 0.256 e. The summed E-state index contributed by atoms with van der Waals surface area (Å²) in [7, 11) is 0. The van der Waals surface area contributed by atoms with Crippen molar-refractivity contribution < 1.29 is 9.26 Å². The van der Waals surface area contributed by atoms with Crippen LogP contribution in [0, 0.1) is 5.92 Å². The lowest BCUT2D eigenvalue weighted by Crippen LogP contribution is -2.15. The molecule has 2 aromatic heterocycles. The summed E-state index contributed by atoms with van der Waals surface area (Å²) in [6, 6.07) is 12.4. The van der Waals surface area contributed by atoms with Gasteiger partial charge in [0.05, 0.1) is 0 Å². The van der Waals surface area contributed by atoms with Crippen LogP contribution in [0.3, 0.4) is 0 Å². The SMILES string of the molecule is c1ccc(CCCc2noc([C@H]3OCC[C@H]3Cn3cccn3)n2)cc1. The molecule has 130 valence electrons. The van der Waals surface area contributed by atoms with Gasteiger partial charge in [0.25, 0.3) is 5.89 Å². The minimum absolute atomic E-state index is 0.125. The Labute approximate surface area is 146 Å². The highest BCUT2D eigenvalue weighted by Gasteiger charge is 2.34. The van der Waals surface area contributed by atoms with Crippen molar-refractivity contribution in [1.29, 1.82) is 0 Å². The maximum atomic E-state index is 5.85. The highest BCUT2D eigenvalue weighted by molar-refractivity contribution is 5.14. The van der Waals surface area contributed by atoms with Crippen molar-refractivity contribution in [2.45, 2.75) is 38.3 Å². The molecule has 3 aromatic rings. The van der Waals surface area contributed by atoms with Gasteiger partial charge in [0.2, 0.25) is 0 Å². The van der Waals surface area contributed by atoms with Gasteiger partial charge in [-0.15, -0.1) is 0 Å². The molecule has 0 N–H and O–H groups in total. The van der Waals surface area contributed by atoms with Crippen LogP contribution in [0.1, 0.15) is 36.2 Å². The van der Waals surface area contributed by atoms with Crippen LogP contribution in [0.2, 0.25) is 0 Å². The van der Waals surface area contributed by atoms with Crippen molar-refractivity contribution in [2.75, 3.05) is 6.61 Å². The molecule has 0 radical (unpaired) electrons. The maximum absolute atomic E-state index is 5.85. The highest BCUT2D eigenvalue weighted by atomic mass is 16.5. The van der Waals surface area contributed by atoms with E-state index in [4.69, 9.17) is 9.26 Å². The van der Waals surface area contributed by atoms with Crippen molar-refractivity contribution in [3.05, 3.63) is 66.1 Å². The van der Waals surface area contributed by atoms with E-state index in [9.17, 15) is 0 Å². The molecule has 0 unspecified atom stereocenters. The Morgan fingerprint density at radius 3 is 2.88 bits per heavy atom. The molecule has 0 saturated carbocycles. The fourth-order valence-corrected chi connectivity index (χ4v) is 3.32. The Hall–Kier alpha value is -2.47. The summed E-state index contributed by atoms with van der Waals surface area (Å²) >= 11 is 0. The third-order valence-corrected chi connectivity index (χ3v) is 4.63. The molecule has 1 aliphatic rings.